The van der Waals surface area contributed by atoms with Crippen LogP contribution in [-0.4, -0.2) is 21.8 Å². The molecule has 2 rings (SSSR count). The second-order valence-corrected chi connectivity index (χ2v) is 5.30. The van der Waals surface area contributed by atoms with Gasteiger partial charge in [0.25, 0.3) is 0 Å². The maximum atomic E-state index is 9.79. The summed E-state index contributed by atoms with van der Waals surface area (Å²) >= 11 is 0. The van der Waals surface area contributed by atoms with Crippen LogP contribution < -0.4 is 4.74 Å². The van der Waals surface area contributed by atoms with Crippen molar-refractivity contribution in [3.8, 4) is 5.75 Å². The van der Waals surface area contributed by atoms with Crippen molar-refractivity contribution in [1.29, 1.82) is 0 Å². The van der Waals surface area contributed by atoms with Crippen molar-refractivity contribution < 1.29 is 9.84 Å². The molecule has 2 aromatic rings. The van der Waals surface area contributed by atoms with E-state index in [1.165, 1.54) is 0 Å². The first kappa shape index (κ1) is 12.8. The van der Waals surface area contributed by atoms with E-state index in [0.717, 1.165) is 16.5 Å². The number of rotatable bonds is 4. The van der Waals surface area contributed by atoms with Gasteiger partial charge in [0.1, 0.15) is 5.75 Å². The average molecular weight is 245 g/mol. The highest BCUT2D eigenvalue weighted by Gasteiger charge is 2.18. The Kier molecular flexibility index (Phi) is 3.53. The molecule has 0 radical (unpaired) electrons. The molecule has 1 N–H and O–H groups in total. The Hall–Kier alpha value is -1.61. The molecule has 0 fully saturated rings. The van der Waals surface area contributed by atoms with Gasteiger partial charge in [-0.15, -0.1) is 0 Å². The van der Waals surface area contributed by atoms with E-state index in [9.17, 15) is 5.11 Å². The van der Waals surface area contributed by atoms with Gasteiger partial charge in [0.2, 0.25) is 0 Å². The van der Waals surface area contributed by atoms with Crippen molar-refractivity contribution in [3.05, 3.63) is 36.7 Å². The lowest BCUT2D eigenvalue weighted by Gasteiger charge is -2.23. The van der Waals surface area contributed by atoms with Gasteiger partial charge in [-0.25, -0.2) is 0 Å². The Morgan fingerprint density at radius 1 is 1.33 bits per heavy atom. The fourth-order valence-electron chi connectivity index (χ4n) is 2.16. The SMILES string of the molecule is CC(CC(C)(C)O)Oc1cccc2cnccc12. The first-order valence-corrected chi connectivity index (χ1v) is 6.17. The van der Waals surface area contributed by atoms with Gasteiger partial charge in [-0.2, -0.15) is 0 Å². The number of ether oxygens (including phenoxy) is 1. The van der Waals surface area contributed by atoms with Crippen molar-refractivity contribution >= 4 is 10.8 Å². The summed E-state index contributed by atoms with van der Waals surface area (Å²) in [5.74, 6) is 0.839. The smallest absolute Gasteiger partial charge is 0.127 e. The highest BCUT2D eigenvalue weighted by atomic mass is 16.5. The van der Waals surface area contributed by atoms with E-state index in [0.29, 0.717) is 6.42 Å². The lowest BCUT2D eigenvalue weighted by atomic mass is 10.0. The molecule has 0 aliphatic rings. The average Bonchev–Trinajstić information content (AvgIpc) is 2.27. The minimum atomic E-state index is -0.717. The molecule has 3 nitrogen and oxygen atoms in total. The number of aliphatic hydroxyl groups is 1. The van der Waals surface area contributed by atoms with Crippen LogP contribution in [0, 0.1) is 0 Å². The molecule has 1 unspecified atom stereocenters. The number of hydrogen-bond acceptors (Lipinski definition) is 3. The van der Waals surface area contributed by atoms with E-state index < -0.39 is 5.60 Å². The summed E-state index contributed by atoms with van der Waals surface area (Å²) in [6.45, 7) is 5.55. The van der Waals surface area contributed by atoms with Gasteiger partial charge in [-0.3, -0.25) is 4.98 Å². The molecule has 0 aliphatic carbocycles. The van der Waals surface area contributed by atoms with Crippen LogP contribution in [0.3, 0.4) is 0 Å². The standard InChI is InChI=1S/C15H19NO2/c1-11(9-15(2,3)17)18-14-6-4-5-12-10-16-8-7-13(12)14/h4-8,10-11,17H,9H2,1-3H3. The quantitative estimate of drug-likeness (QED) is 0.899. The number of benzene rings is 1. The minimum Gasteiger partial charge on any atom is -0.490 e. The molecule has 18 heavy (non-hydrogen) atoms. The Morgan fingerprint density at radius 2 is 2.11 bits per heavy atom. The molecule has 0 bridgehead atoms. The molecule has 1 atom stereocenters. The zero-order valence-corrected chi connectivity index (χ0v) is 11.1. The first-order chi connectivity index (χ1) is 8.46. The van der Waals surface area contributed by atoms with E-state index in [1.807, 2.05) is 37.4 Å². The summed E-state index contributed by atoms with van der Waals surface area (Å²) in [6.07, 6.45) is 4.14. The highest BCUT2D eigenvalue weighted by Crippen LogP contribution is 2.26. The molecular weight excluding hydrogens is 226 g/mol. The molecule has 96 valence electrons. The third-order valence-electron chi connectivity index (χ3n) is 2.76. The number of fused-ring (bicyclic) bond motifs is 1. The van der Waals surface area contributed by atoms with Gasteiger partial charge in [-0.1, -0.05) is 12.1 Å². The first-order valence-electron chi connectivity index (χ1n) is 6.17. The van der Waals surface area contributed by atoms with Crippen LogP contribution >= 0.6 is 0 Å². The molecule has 1 aromatic heterocycles. The molecule has 1 heterocycles. The topological polar surface area (TPSA) is 42.4 Å². The summed E-state index contributed by atoms with van der Waals surface area (Å²) in [5.41, 5.74) is -0.717. The van der Waals surface area contributed by atoms with Crippen LogP contribution in [0.25, 0.3) is 10.8 Å². The fraction of sp³-hybridized carbons (Fsp3) is 0.400. The van der Waals surface area contributed by atoms with Gasteiger partial charge in [-0.05, 0) is 32.9 Å². The summed E-state index contributed by atoms with van der Waals surface area (Å²) < 4.78 is 5.92. The van der Waals surface area contributed by atoms with Gasteiger partial charge in [0.15, 0.2) is 0 Å². The largest absolute Gasteiger partial charge is 0.490 e. The zero-order valence-electron chi connectivity index (χ0n) is 11.1. The van der Waals surface area contributed by atoms with Gasteiger partial charge < -0.3 is 9.84 Å². The third kappa shape index (κ3) is 3.20. The molecule has 0 aliphatic heterocycles. The Balaban J connectivity index is 2.21. The van der Waals surface area contributed by atoms with Crippen molar-refractivity contribution in [3.63, 3.8) is 0 Å². The van der Waals surface area contributed by atoms with Crippen LogP contribution in [-0.2, 0) is 0 Å². The normalized spacial score (nSPS) is 13.6. The van der Waals surface area contributed by atoms with E-state index in [-0.39, 0.29) is 6.10 Å². The molecule has 3 heteroatoms. The van der Waals surface area contributed by atoms with Gasteiger partial charge >= 0.3 is 0 Å². The van der Waals surface area contributed by atoms with Crippen molar-refractivity contribution in [1.82, 2.24) is 4.98 Å². The van der Waals surface area contributed by atoms with Crippen LogP contribution in [0.15, 0.2) is 36.7 Å². The van der Waals surface area contributed by atoms with Crippen LogP contribution in [0.5, 0.6) is 5.75 Å². The number of nitrogens with zero attached hydrogens (tertiary/aromatic N) is 1. The molecule has 1 aromatic carbocycles. The zero-order chi connectivity index (χ0) is 13.2. The second kappa shape index (κ2) is 4.94. The predicted octanol–water partition coefficient (Wildman–Crippen LogP) is 3.16. The number of hydrogen-bond donors (Lipinski definition) is 1. The predicted molar refractivity (Wildman–Crippen MR) is 72.7 cm³/mol. The van der Waals surface area contributed by atoms with Crippen LogP contribution in [0.1, 0.15) is 27.2 Å². The molecule has 0 spiro atoms. The molecule has 0 saturated carbocycles. The summed E-state index contributed by atoms with van der Waals surface area (Å²) in [6, 6.07) is 7.86. The van der Waals surface area contributed by atoms with Gasteiger partial charge in [0, 0.05) is 29.6 Å². The maximum absolute atomic E-state index is 9.79. The Bertz CT molecular complexity index is 526. The minimum absolute atomic E-state index is 0.0382. The van der Waals surface area contributed by atoms with E-state index >= 15 is 0 Å². The van der Waals surface area contributed by atoms with Crippen molar-refractivity contribution in [2.24, 2.45) is 0 Å². The lowest BCUT2D eigenvalue weighted by molar-refractivity contribution is 0.0327. The summed E-state index contributed by atoms with van der Waals surface area (Å²) in [5, 5.41) is 11.9. The monoisotopic (exact) mass is 245 g/mol. The molecular formula is C15H19NO2. The third-order valence-corrected chi connectivity index (χ3v) is 2.76. The fourth-order valence-corrected chi connectivity index (χ4v) is 2.16. The van der Waals surface area contributed by atoms with Crippen molar-refractivity contribution in [2.75, 3.05) is 0 Å². The van der Waals surface area contributed by atoms with E-state index in [4.69, 9.17) is 4.74 Å². The van der Waals surface area contributed by atoms with Crippen molar-refractivity contribution in [2.45, 2.75) is 38.9 Å². The molecule has 0 saturated heterocycles. The summed E-state index contributed by atoms with van der Waals surface area (Å²) in [4.78, 5) is 4.10. The van der Waals surface area contributed by atoms with Crippen LogP contribution in [0.2, 0.25) is 0 Å². The maximum Gasteiger partial charge on any atom is 0.127 e. The van der Waals surface area contributed by atoms with Gasteiger partial charge in [0.05, 0.1) is 11.7 Å². The summed E-state index contributed by atoms with van der Waals surface area (Å²) in [7, 11) is 0. The Labute approximate surface area is 107 Å². The highest BCUT2D eigenvalue weighted by molar-refractivity contribution is 5.87. The number of pyridine rings is 1. The van der Waals surface area contributed by atoms with E-state index in [2.05, 4.69) is 4.98 Å². The lowest BCUT2D eigenvalue weighted by Crippen LogP contribution is -2.27. The molecule has 0 amide bonds. The second-order valence-electron chi connectivity index (χ2n) is 5.30. The number of aromatic nitrogens is 1. The Morgan fingerprint density at radius 3 is 2.83 bits per heavy atom. The van der Waals surface area contributed by atoms with Crippen LogP contribution in [0.4, 0.5) is 0 Å². The van der Waals surface area contributed by atoms with E-state index in [1.54, 1.807) is 20.0 Å².